The zero-order chi connectivity index (χ0) is 19.3. The third kappa shape index (κ3) is 5.27. The molecule has 10 heteroatoms. The lowest BCUT2D eigenvalue weighted by Gasteiger charge is -2.17. The van der Waals surface area contributed by atoms with E-state index in [1.807, 2.05) is 30.3 Å². The fourth-order valence-electron chi connectivity index (χ4n) is 2.45. The van der Waals surface area contributed by atoms with Crippen LogP contribution in [0, 0.1) is 0 Å². The molecule has 0 aliphatic heterocycles. The van der Waals surface area contributed by atoms with E-state index in [1.165, 1.54) is 23.1 Å². The Balaban J connectivity index is 1.78. The van der Waals surface area contributed by atoms with Gasteiger partial charge in [0, 0.05) is 18.2 Å². The number of tetrazole rings is 1. The van der Waals surface area contributed by atoms with Crippen molar-refractivity contribution < 1.29 is 22.7 Å². The highest BCUT2D eigenvalue weighted by atomic mass is 19.4. The van der Waals surface area contributed by atoms with Crippen LogP contribution in [0.2, 0.25) is 0 Å². The molecule has 0 saturated heterocycles. The average Bonchev–Trinajstić information content (AvgIpc) is 3.13. The predicted octanol–water partition coefficient (Wildman–Crippen LogP) is 2.99. The highest BCUT2D eigenvalue weighted by Gasteiger charge is 2.31. The molecule has 3 aromatic rings. The topological polar surface area (TPSA) is 81.9 Å². The number of hydrogen-bond acceptors (Lipinski definition) is 5. The van der Waals surface area contributed by atoms with Gasteiger partial charge in [-0.2, -0.15) is 0 Å². The van der Waals surface area contributed by atoms with E-state index in [2.05, 4.69) is 25.6 Å². The van der Waals surface area contributed by atoms with Crippen molar-refractivity contribution in [2.75, 3.05) is 5.32 Å². The van der Waals surface area contributed by atoms with Gasteiger partial charge in [-0.1, -0.05) is 36.4 Å². The van der Waals surface area contributed by atoms with Crippen molar-refractivity contribution in [3.05, 3.63) is 66.5 Å². The van der Waals surface area contributed by atoms with Crippen LogP contribution >= 0.6 is 0 Å². The summed E-state index contributed by atoms with van der Waals surface area (Å²) in [5.74, 6) is -0.905. The number of ether oxygens (including phenoxy) is 1. The van der Waals surface area contributed by atoms with Gasteiger partial charge in [-0.3, -0.25) is 4.79 Å². The number of hydrogen-bond donors (Lipinski definition) is 1. The fourth-order valence-corrected chi connectivity index (χ4v) is 2.45. The third-order valence-electron chi connectivity index (χ3n) is 3.59. The van der Waals surface area contributed by atoms with Gasteiger partial charge >= 0.3 is 6.36 Å². The first-order valence-corrected chi connectivity index (χ1v) is 7.84. The molecule has 0 unspecified atom stereocenters. The number of carbonyl (C=O) groups excluding carboxylic acids is 1. The Hall–Kier alpha value is -3.43. The number of aromatic nitrogens is 4. The number of rotatable bonds is 6. The summed E-state index contributed by atoms with van der Waals surface area (Å²) in [5, 5.41) is 13.4. The molecule has 140 valence electrons. The molecule has 1 N–H and O–H groups in total. The van der Waals surface area contributed by atoms with Crippen LogP contribution in [0.25, 0.3) is 0 Å². The van der Waals surface area contributed by atoms with Crippen LogP contribution in [-0.4, -0.2) is 32.5 Å². The summed E-state index contributed by atoms with van der Waals surface area (Å²) in [4.78, 5) is 12.7. The maximum atomic E-state index is 12.7. The van der Waals surface area contributed by atoms with Gasteiger partial charge in [0.2, 0.25) is 5.91 Å². The lowest BCUT2D eigenvalue weighted by Crippen LogP contribution is -2.28. The molecule has 0 spiro atoms. The molecule has 1 heterocycles. The van der Waals surface area contributed by atoms with Crippen molar-refractivity contribution in [3.63, 3.8) is 0 Å². The summed E-state index contributed by atoms with van der Waals surface area (Å²) in [7, 11) is 0. The molecule has 1 atom stereocenters. The maximum Gasteiger partial charge on any atom is 0.573 e. The maximum absolute atomic E-state index is 12.7. The Morgan fingerprint density at radius 2 is 1.93 bits per heavy atom. The Morgan fingerprint density at radius 3 is 2.59 bits per heavy atom. The van der Waals surface area contributed by atoms with Crippen molar-refractivity contribution >= 4 is 11.6 Å². The van der Waals surface area contributed by atoms with E-state index in [0.717, 1.165) is 17.7 Å². The summed E-state index contributed by atoms with van der Waals surface area (Å²) in [6.07, 6.45) is -3.21. The van der Waals surface area contributed by atoms with Gasteiger partial charge in [-0.15, -0.1) is 18.3 Å². The minimum absolute atomic E-state index is 0.160. The van der Waals surface area contributed by atoms with Crippen LogP contribution in [0.5, 0.6) is 5.75 Å². The molecule has 0 bridgehead atoms. The Bertz CT molecular complexity index is 885. The molecule has 2 aromatic carbocycles. The molecule has 0 fully saturated rings. The summed E-state index contributed by atoms with van der Waals surface area (Å²) < 4.78 is 42.2. The van der Waals surface area contributed by atoms with E-state index < -0.39 is 24.1 Å². The van der Waals surface area contributed by atoms with E-state index in [-0.39, 0.29) is 5.69 Å². The largest absolute Gasteiger partial charge is 0.573 e. The van der Waals surface area contributed by atoms with Crippen LogP contribution in [0.15, 0.2) is 60.9 Å². The second-order valence-electron chi connectivity index (χ2n) is 5.56. The molecule has 27 heavy (non-hydrogen) atoms. The monoisotopic (exact) mass is 377 g/mol. The fraction of sp³-hybridized carbons (Fsp3) is 0.176. The molecule has 0 aliphatic rings. The van der Waals surface area contributed by atoms with Gasteiger partial charge < -0.3 is 10.1 Å². The van der Waals surface area contributed by atoms with E-state index in [4.69, 9.17) is 0 Å². The summed E-state index contributed by atoms with van der Waals surface area (Å²) in [6, 6.07) is 13.5. The van der Waals surface area contributed by atoms with Gasteiger partial charge in [-0.25, -0.2) is 4.68 Å². The van der Waals surface area contributed by atoms with E-state index in [9.17, 15) is 18.0 Å². The molecule has 0 radical (unpaired) electrons. The first kappa shape index (κ1) is 18.4. The smallest absolute Gasteiger partial charge is 0.406 e. The minimum atomic E-state index is -4.81. The highest BCUT2D eigenvalue weighted by Crippen LogP contribution is 2.25. The second kappa shape index (κ2) is 7.85. The number of nitrogens with zero attached hydrogens (tertiary/aromatic N) is 4. The van der Waals surface area contributed by atoms with E-state index in [0.29, 0.717) is 6.42 Å². The first-order chi connectivity index (χ1) is 12.9. The lowest BCUT2D eigenvalue weighted by atomic mass is 10.1. The standard InChI is InChI=1S/C17H14F3N5O2/c18-17(19,20)27-14-8-4-7-13(10-14)22-16(26)15(25-11-21-23-24-25)9-12-5-2-1-3-6-12/h1-8,10-11,15H,9H2,(H,22,26)/t15-/m0/s1. The van der Waals surface area contributed by atoms with Gasteiger partial charge in [0.1, 0.15) is 18.1 Å². The highest BCUT2D eigenvalue weighted by molar-refractivity contribution is 5.94. The van der Waals surface area contributed by atoms with E-state index in [1.54, 1.807) is 0 Å². The first-order valence-electron chi connectivity index (χ1n) is 7.84. The van der Waals surface area contributed by atoms with Crippen molar-refractivity contribution in [1.82, 2.24) is 20.2 Å². The van der Waals surface area contributed by atoms with Crippen LogP contribution < -0.4 is 10.1 Å². The van der Waals surface area contributed by atoms with Crippen molar-refractivity contribution in [2.45, 2.75) is 18.8 Å². The van der Waals surface area contributed by atoms with Crippen LogP contribution in [0.4, 0.5) is 18.9 Å². The van der Waals surface area contributed by atoms with Crippen LogP contribution in [0.3, 0.4) is 0 Å². The third-order valence-corrected chi connectivity index (χ3v) is 3.59. The van der Waals surface area contributed by atoms with Gasteiger partial charge in [0.15, 0.2) is 0 Å². The lowest BCUT2D eigenvalue weighted by molar-refractivity contribution is -0.274. The average molecular weight is 377 g/mol. The predicted molar refractivity (Wildman–Crippen MR) is 88.8 cm³/mol. The molecular formula is C17H14F3N5O2. The SMILES string of the molecule is O=C(Nc1cccc(OC(F)(F)F)c1)[C@H](Cc1ccccc1)n1cnnn1. The minimum Gasteiger partial charge on any atom is -0.406 e. The number of anilines is 1. The van der Waals surface area contributed by atoms with Crippen molar-refractivity contribution in [2.24, 2.45) is 0 Å². The molecule has 1 amide bonds. The van der Waals surface area contributed by atoms with E-state index >= 15 is 0 Å². The number of benzene rings is 2. The van der Waals surface area contributed by atoms with Crippen LogP contribution in [-0.2, 0) is 11.2 Å². The quantitative estimate of drug-likeness (QED) is 0.714. The number of nitrogens with one attached hydrogen (secondary N) is 1. The summed E-state index contributed by atoms with van der Waals surface area (Å²) in [6.45, 7) is 0. The Kier molecular flexibility index (Phi) is 5.34. The van der Waals surface area contributed by atoms with Crippen molar-refractivity contribution in [3.8, 4) is 5.75 Å². The number of carbonyl (C=O) groups is 1. The van der Waals surface area contributed by atoms with Gasteiger partial charge in [0.25, 0.3) is 0 Å². The van der Waals surface area contributed by atoms with Crippen molar-refractivity contribution in [1.29, 1.82) is 0 Å². The van der Waals surface area contributed by atoms with Crippen LogP contribution in [0.1, 0.15) is 11.6 Å². The summed E-state index contributed by atoms with van der Waals surface area (Å²) >= 11 is 0. The zero-order valence-electron chi connectivity index (χ0n) is 13.8. The molecule has 3 rings (SSSR count). The molecule has 0 saturated carbocycles. The summed E-state index contributed by atoms with van der Waals surface area (Å²) in [5.41, 5.74) is 1.04. The number of halogens is 3. The second-order valence-corrected chi connectivity index (χ2v) is 5.56. The Morgan fingerprint density at radius 1 is 1.15 bits per heavy atom. The van der Waals surface area contributed by atoms with Gasteiger partial charge in [0.05, 0.1) is 0 Å². The Labute approximate surface area is 151 Å². The molecule has 1 aromatic heterocycles. The number of alkyl halides is 3. The molecule has 7 nitrogen and oxygen atoms in total. The zero-order valence-corrected chi connectivity index (χ0v) is 13.8. The number of amides is 1. The molecular weight excluding hydrogens is 363 g/mol. The molecule has 0 aliphatic carbocycles. The van der Waals surface area contributed by atoms with Gasteiger partial charge in [-0.05, 0) is 28.1 Å². The normalized spacial score (nSPS) is 12.4.